The highest BCUT2D eigenvalue weighted by Crippen LogP contribution is 2.43. The number of rotatable bonds is 4. The molecular formula is C44H30N4. The molecule has 9 rings (SSSR count). The lowest BCUT2D eigenvalue weighted by atomic mass is 9.80. The maximum atomic E-state index is 10.1. The van der Waals surface area contributed by atoms with Gasteiger partial charge in [-0.1, -0.05) is 97.1 Å². The number of para-hydroxylation sites is 3. The van der Waals surface area contributed by atoms with Crippen LogP contribution in [0.5, 0.6) is 0 Å². The maximum Gasteiger partial charge on any atom is 0.0991 e. The molecule has 0 saturated heterocycles. The minimum atomic E-state index is -0.171. The summed E-state index contributed by atoms with van der Waals surface area (Å²) in [5.74, 6) is -0.171. The first kappa shape index (κ1) is 27.9. The van der Waals surface area contributed by atoms with Crippen molar-refractivity contribution in [1.29, 1.82) is 10.5 Å². The number of fused-ring (bicyclic) bond motifs is 6. The van der Waals surface area contributed by atoms with Crippen LogP contribution in [0.25, 0.3) is 54.9 Å². The van der Waals surface area contributed by atoms with Crippen LogP contribution in [-0.2, 0) is 0 Å². The Labute approximate surface area is 278 Å². The Morgan fingerprint density at radius 2 is 1.31 bits per heavy atom. The van der Waals surface area contributed by atoms with Crippen molar-refractivity contribution < 1.29 is 0 Å². The number of nitriles is 2. The first-order valence-corrected chi connectivity index (χ1v) is 16.4. The summed E-state index contributed by atoms with van der Waals surface area (Å²) in [6, 6.07) is 45.4. The number of aromatic nitrogens is 2. The standard InChI is InChI=1S/C44H30N4/c45-27-29-17-22-44-40(23-29)39-13-5-8-16-43(39)48(44)35-25-32(24-33(26-35)36-10-2-1-9-31(36)28-46)30-18-20-34(21-19-30)47-41-14-6-3-11-37(41)38-12-4-7-15-42(38)47/h1-8,10-25,31,35H,9,26H2. The molecular weight excluding hydrogens is 585 g/mol. The number of hydrogen-bond donors (Lipinski definition) is 0. The second kappa shape index (κ2) is 11.2. The zero-order chi connectivity index (χ0) is 32.2. The summed E-state index contributed by atoms with van der Waals surface area (Å²) in [6.07, 6.45) is 12.5. The van der Waals surface area contributed by atoms with Gasteiger partial charge in [0.15, 0.2) is 0 Å². The van der Waals surface area contributed by atoms with Gasteiger partial charge in [0, 0.05) is 38.3 Å². The highest BCUT2D eigenvalue weighted by Gasteiger charge is 2.27. The molecule has 0 amide bonds. The average Bonchev–Trinajstić information content (AvgIpc) is 3.67. The molecule has 4 nitrogen and oxygen atoms in total. The van der Waals surface area contributed by atoms with Crippen LogP contribution in [0.3, 0.4) is 0 Å². The van der Waals surface area contributed by atoms with Crippen LogP contribution in [0.4, 0.5) is 0 Å². The fourth-order valence-electron chi connectivity index (χ4n) is 7.85. The number of nitrogens with zero attached hydrogens (tertiary/aromatic N) is 4. The van der Waals surface area contributed by atoms with E-state index in [2.05, 4.69) is 155 Å². The fourth-order valence-corrected chi connectivity index (χ4v) is 7.85. The van der Waals surface area contributed by atoms with Crippen molar-refractivity contribution in [2.24, 2.45) is 5.92 Å². The third-order valence-corrected chi connectivity index (χ3v) is 10.0. The Balaban J connectivity index is 1.21. The van der Waals surface area contributed by atoms with Crippen LogP contribution in [-0.4, -0.2) is 9.13 Å². The Morgan fingerprint density at radius 1 is 0.667 bits per heavy atom. The zero-order valence-electron chi connectivity index (χ0n) is 26.2. The second-order valence-electron chi connectivity index (χ2n) is 12.7. The van der Waals surface area contributed by atoms with Gasteiger partial charge in [0.2, 0.25) is 0 Å². The molecule has 4 heteroatoms. The number of allylic oxidation sites excluding steroid dienone is 8. The van der Waals surface area contributed by atoms with Crippen LogP contribution in [0.1, 0.15) is 30.0 Å². The molecule has 226 valence electrons. The van der Waals surface area contributed by atoms with Crippen LogP contribution in [0, 0.1) is 28.6 Å². The summed E-state index contributed by atoms with van der Waals surface area (Å²) in [5, 5.41) is 24.5. The third kappa shape index (κ3) is 4.35. The van der Waals surface area contributed by atoms with Gasteiger partial charge in [0.05, 0.1) is 40.7 Å². The van der Waals surface area contributed by atoms with Crippen molar-refractivity contribution in [1.82, 2.24) is 9.13 Å². The fraction of sp³-hybridized carbons (Fsp3) is 0.0909. The predicted molar refractivity (Wildman–Crippen MR) is 196 cm³/mol. The summed E-state index contributed by atoms with van der Waals surface area (Å²) >= 11 is 0. The molecule has 7 aromatic rings. The lowest BCUT2D eigenvalue weighted by molar-refractivity contribution is 0.623. The highest BCUT2D eigenvalue weighted by molar-refractivity contribution is 6.10. The summed E-state index contributed by atoms with van der Waals surface area (Å²) in [7, 11) is 0. The molecule has 0 fully saturated rings. The van der Waals surface area contributed by atoms with Crippen LogP contribution >= 0.6 is 0 Å². The molecule has 0 radical (unpaired) electrons. The molecule has 0 bridgehead atoms. The Morgan fingerprint density at radius 3 is 2.00 bits per heavy atom. The van der Waals surface area contributed by atoms with Crippen LogP contribution in [0.2, 0.25) is 0 Å². The van der Waals surface area contributed by atoms with Gasteiger partial charge >= 0.3 is 0 Å². The van der Waals surface area contributed by atoms with Crippen molar-refractivity contribution in [2.75, 3.05) is 0 Å². The maximum absolute atomic E-state index is 10.1. The van der Waals surface area contributed by atoms with Gasteiger partial charge in [-0.05, 0) is 83.7 Å². The van der Waals surface area contributed by atoms with Gasteiger partial charge < -0.3 is 9.13 Å². The van der Waals surface area contributed by atoms with Crippen LogP contribution in [0.15, 0.2) is 157 Å². The lowest BCUT2D eigenvalue weighted by Gasteiger charge is -2.28. The van der Waals surface area contributed by atoms with E-state index in [0.717, 1.165) is 57.0 Å². The van der Waals surface area contributed by atoms with Crippen molar-refractivity contribution in [3.05, 3.63) is 168 Å². The topological polar surface area (TPSA) is 57.4 Å². The average molecular weight is 615 g/mol. The van der Waals surface area contributed by atoms with E-state index in [-0.39, 0.29) is 12.0 Å². The van der Waals surface area contributed by atoms with E-state index in [0.29, 0.717) is 5.56 Å². The van der Waals surface area contributed by atoms with E-state index in [4.69, 9.17) is 0 Å². The molecule has 0 N–H and O–H groups in total. The van der Waals surface area contributed by atoms with Gasteiger partial charge in [-0.15, -0.1) is 0 Å². The first-order valence-electron chi connectivity index (χ1n) is 16.4. The quantitative estimate of drug-likeness (QED) is 0.198. The molecule has 2 atom stereocenters. The molecule has 48 heavy (non-hydrogen) atoms. The Kier molecular flexibility index (Phi) is 6.49. The summed E-state index contributed by atoms with van der Waals surface area (Å²) in [4.78, 5) is 0. The molecule has 0 spiro atoms. The first-order chi connectivity index (χ1) is 23.7. The monoisotopic (exact) mass is 614 g/mol. The molecule has 2 aliphatic carbocycles. The van der Waals surface area contributed by atoms with Gasteiger partial charge in [0.1, 0.15) is 0 Å². The molecule has 0 saturated carbocycles. The van der Waals surface area contributed by atoms with Crippen LogP contribution < -0.4 is 0 Å². The molecule has 2 aliphatic rings. The Hall–Kier alpha value is -6.36. The van der Waals surface area contributed by atoms with Gasteiger partial charge in [-0.2, -0.15) is 10.5 Å². The van der Waals surface area contributed by atoms with E-state index in [1.807, 2.05) is 12.1 Å². The second-order valence-corrected chi connectivity index (χ2v) is 12.7. The van der Waals surface area contributed by atoms with E-state index in [1.54, 1.807) is 0 Å². The number of benzene rings is 5. The SMILES string of the molecule is N#Cc1ccc2c(c1)c1ccccc1n2C1C=C(c2ccc(-n3c4ccccc4c4ccccc43)cc2)C=C(C2=CC=CCC2C#N)C1. The van der Waals surface area contributed by atoms with E-state index in [1.165, 1.54) is 27.4 Å². The number of hydrogen-bond acceptors (Lipinski definition) is 2. The molecule has 2 heterocycles. The van der Waals surface area contributed by atoms with Gasteiger partial charge in [0.25, 0.3) is 0 Å². The lowest BCUT2D eigenvalue weighted by Crippen LogP contribution is -2.15. The molecule has 0 aliphatic heterocycles. The van der Waals surface area contributed by atoms with E-state index < -0.39 is 0 Å². The zero-order valence-corrected chi connectivity index (χ0v) is 26.2. The minimum Gasteiger partial charge on any atom is -0.333 e. The summed E-state index contributed by atoms with van der Waals surface area (Å²) in [6.45, 7) is 0. The third-order valence-electron chi connectivity index (χ3n) is 10.0. The molecule has 5 aromatic carbocycles. The Bertz CT molecular complexity index is 2590. The highest BCUT2D eigenvalue weighted by atomic mass is 15.0. The van der Waals surface area contributed by atoms with E-state index >= 15 is 0 Å². The van der Waals surface area contributed by atoms with Crippen molar-refractivity contribution in [3.8, 4) is 17.8 Å². The van der Waals surface area contributed by atoms with E-state index in [9.17, 15) is 10.5 Å². The molecule has 2 aromatic heterocycles. The molecule has 2 unspecified atom stereocenters. The summed E-state index contributed by atoms with van der Waals surface area (Å²) in [5.41, 5.74) is 11.0. The van der Waals surface area contributed by atoms with Gasteiger partial charge in [-0.25, -0.2) is 0 Å². The largest absolute Gasteiger partial charge is 0.333 e. The van der Waals surface area contributed by atoms with Crippen molar-refractivity contribution in [3.63, 3.8) is 0 Å². The normalized spacial score (nSPS) is 17.7. The summed E-state index contributed by atoms with van der Waals surface area (Å²) < 4.78 is 4.77. The van der Waals surface area contributed by atoms with Gasteiger partial charge in [-0.3, -0.25) is 0 Å². The van der Waals surface area contributed by atoms with Crippen molar-refractivity contribution >= 4 is 49.2 Å². The smallest absolute Gasteiger partial charge is 0.0991 e. The van der Waals surface area contributed by atoms with Crippen molar-refractivity contribution in [2.45, 2.75) is 18.9 Å². The predicted octanol–water partition coefficient (Wildman–Crippen LogP) is 10.7. The minimum absolute atomic E-state index is 0.0125.